The molecule has 2 rings (SSSR count). The third kappa shape index (κ3) is 3.62. The van der Waals surface area contributed by atoms with Gasteiger partial charge in [0.15, 0.2) is 5.78 Å². The first-order chi connectivity index (χ1) is 9.99. The Morgan fingerprint density at radius 1 is 1.05 bits per heavy atom. The number of hydrogen-bond donors (Lipinski definition) is 1. The molecule has 0 heterocycles. The molecule has 1 unspecified atom stereocenters. The Kier molecular flexibility index (Phi) is 4.62. The number of hydrogen-bond acceptors (Lipinski definition) is 2. The number of alkyl halides is 3. The molecule has 2 aromatic carbocycles. The van der Waals surface area contributed by atoms with Crippen molar-refractivity contribution in [2.75, 3.05) is 5.32 Å². The summed E-state index contributed by atoms with van der Waals surface area (Å²) in [5, 5.41) is 2.06. The van der Waals surface area contributed by atoms with Crippen LogP contribution in [-0.4, -0.2) is 18.5 Å². The van der Waals surface area contributed by atoms with Crippen molar-refractivity contribution in [1.82, 2.24) is 0 Å². The van der Waals surface area contributed by atoms with E-state index in [1.54, 1.807) is 43.3 Å². The summed E-state index contributed by atoms with van der Waals surface area (Å²) < 4.78 is 37.9. The molecule has 2 nitrogen and oxygen atoms in total. The highest BCUT2D eigenvalue weighted by Crippen LogP contribution is 2.23. The van der Waals surface area contributed by atoms with Crippen LogP contribution in [0.5, 0.6) is 0 Å². The Hall–Kier alpha value is -2.30. The largest absolute Gasteiger partial charge is 0.351 e. The second kappa shape index (κ2) is 6.43. The number of aryl methyl sites for hydroxylation is 1. The average Bonchev–Trinajstić information content (AvgIpc) is 2.47. The van der Waals surface area contributed by atoms with E-state index >= 15 is 0 Å². The fourth-order valence-corrected chi connectivity index (χ4v) is 1.93. The van der Waals surface area contributed by atoms with Gasteiger partial charge in [0.25, 0.3) is 6.43 Å². The zero-order valence-electron chi connectivity index (χ0n) is 11.3. The van der Waals surface area contributed by atoms with Gasteiger partial charge in [-0.15, -0.1) is 0 Å². The van der Waals surface area contributed by atoms with Crippen molar-refractivity contribution in [3.8, 4) is 0 Å². The van der Waals surface area contributed by atoms with Crippen LogP contribution in [-0.2, 0) is 0 Å². The summed E-state index contributed by atoms with van der Waals surface area (Å²) >= 11 is 0. The van der Waals surface area contributed by atoms with E-state index in [0.29, 0.717) is 5.56 Å². The third-order valence-corrected chi connectivity index (χ3v) is 2.97. The number of rotatable bonds is 5. The highest BCUT2D eigenvalue weighted by Gasteiger charge is 2.22. The maximum Gasteiger partial charge on any atom is 0.287 e. The van der Waals surface area contributed by atoms with Crippen molar-refractivity contribution in [3.63, 3.8) is 0 Å². The quantitative estimate of drug-likeness (QED) is 0.661. The van der Waals surface area contributed by atoms with Crippen molar-refractivity contribution < 1.29 is 18.0 Å². The third-order valence-electron chi connectivity index (χ3n) is 2.97. The standard InChI is InChI=1S/C16H14F3NO/c1-10-7-8-12(13(9-10)20-16(19)15(17)18)14(21)11-5-3-2-4-6-11/h2-9,15-16,20H,1H3. The molecule has 0 spiro atoms. The number of benzene rings is 2. The van der Waals surface area contributed by atoms with Gasteiger partial charge in [0.2, 0.25) is 6.30 Å². The number of ketones is 1. The molecule has 110 valence electrons. The van der Waals surface area contributed by atoms with E-state index in [1.165, 1.54) is 12.1 Å². The summed E-state index contributed by atoms with van der Waals surface area (Å²) in [5.74, 6) is -0.348. The zero-order valence-corrected chi connectivity index (χ0v) is 11.3. The van der Waals surface area contributed by atoms with E-state index in [2.05, 4.69) is 5.32 Å². The molecule has 0 aromatic heterocycles. The summed E-state index contributed by atoms with van der Waals surface area (Å²) in [6.45, 7) is 1.73. The van der Waals surface area contributed by atoms with Gasteiger partial charge in [0, 0.05) is 16.8 Å². The van der Waals surface area contributed by atoms with Gasteiger partial charge >= 0.3 is 0 Å². The molecule has 0 radical (unpaired) electrons. The highest BCUT2D eigenvalue weighted by molar-refractivity contribution is 6.12. The van der Waals surface area contributed by atoms with E-state index in [0.717, 1.165) is 5.56 Å². The van der Waals surface area contributed by atoms with E-state index in [1.807, 2.05) is 0 Å². The first-order valence-electron chi connectivity index (χ1n) is 6.38. The Morgan fingerprint density at radius 2 is 1.71 bits per heavy atom. The summed E-state index contributed by atoms with van der Waals surface area (Å²) in [5.41, 5.74) is 1.38. The molecular formula is C16H14F3NO. The lowest BCUT2D eigenvalue weighted by atomic mass is 10.00. The molecule has 0 bridgehead atoms. The highest BCUT2D eigenvalue weighted by atomic mass is 19.3. The zero-order chi connectivity index (χ0) is 15.4. The maximum absolute atomic E-state index is 13.2. The number of halogens is 3. The Morgan fingerprint density at radius 3 is 2.33 bits per heavy atom. The van der Waals surface area contributed by atoms with Crippen LogP contribution in [0, 0.1) is 6.92 Å². The Balaban J connectivity index is 2.37. The molecule has 0 aliphatic rings. The summed E-state index contributed by atoms with van der Waals surface area (Å²) in [4.78, 5) is 12.4. The predicted octanol–water partition coefficient (Wildman–Crippen LogP) is 4.20. The minimum Gasteiger partial charge on any atom is -0.351 e. The van der Waals surface area contributed by atoms with E-state index < -0.39 is 12.7 Å². The summed E-state index contributed by atoms with van der Waals surface area (Å²) in [6, 6.07) is 13.1. The first-order valence-corrected chi connectivity index (χ1v) is 6.38. The maximum atomic E-state index is 13.2. The SMILES string of the molecule is Cc1ccc(C(=O)c2ccccc2)c(NC(F)C(F)F)c1. The molecule has 2 aromatic rings. The van der Waals surface area contributed by atoms with Gasteiger partial charge in [0.1, 0.15) is 0 Å². The molecule has 0 saturated carbocycles. The van der Waals surface area contributed by atoms with E-state index in [4.69, 9.17) is 0 Å². The topological polar surface area (TPSA) is 29.1 Å². The number of carbonyl (C=O) groups excluding carboxylic acids is 1. The summed E-state index contributed by atoms with van der Waals surface area (Å²) in [7, 11) is 0. The lowest BCUT2D eigenvalue weighted by Crippen LogP contribution is -2.23. The minimum absolute atomic E-state index is 0.0663. The average molecular weight is 293 g/mol. The van der Waals surface area contributed by atoms with Gasteiger partial charge in [0.05, 0.1) is 0 Å². The van der Waals surface area contributed by atoms with Crippen molar-refractivity contribution >= 4 is 11.5 Å². The van der Waals surface area contributed by atoms with Crippen molar-refractivity contribution in [2.45, 2.75) is 19.6 Å². The molecule has 0 aliphatic heterocycles. The van der Waals surface area contributed by atoms with Crippen LogP contribution >= 0.6 is 0 Å². The second-order valence-electron chi connectivity index (χ2n) is 4.62. The first kappa shape index (κ1) is 15.1. The van der Waals surface area contributed by atoms with Gasteiger partial charge in [-0.25, -0.2) is 13.2 Å². The monoisotopic (exact) mass is 293 g/mol. The number of anilines is 1. The van der Waals surface area contributed by atoms with Gasteiger partial charge in [-0.1, -0.05) is 36.4 Å². The van der Waals surface area contributed by atoms with Gasteiger partial charge in [-0.2, -0.15) is 0 Å². The minimum atomic E-state index is -3.16. The van der Waals surface area contributed by atoms with Crippen molar-refractivity contribution in [1.29, 1.82) is 0 Å². The van der Waals surface area contributed by atoms with Crippen molar-refractivity contribution in [3.05, 3.63) is 65.2 Å². The molecule has 1 N–H and O–H groups in total. The molecule has 21 heavy (non-hydrogen) atoms. The van der Waals surface area contributed by atoms with Crippen LogP contribution in [0.15, 0.2) is 48.5 Å². The molecular weight excluding hydrogens is 279 g/mol. The van der Waals surface area contributed by atoms with Gasteiger partial charge < -0.3 is 5.32 Å². The number of nitrogens with one attached hydrogen (secondary N) is 1. The van der Waals surface area contributed by atoms with Crippen LogP contribution in [0.25, 0.3) is 0 Å². The fraction of sp³-hybridized carbons (Fsp3) is 0.188. The lowest BCUT2D eigenvalue weighted by Gasteiger charge is -2.15. The van der Waals surface area contributed by atoms with Gasteiger partial charge in [-0.3, -0.25) is 4.79 Å². The van der Waals surface area contributed by atoms with E-state index in [9.17, 15) is 18.0 Å². The van der Waals surface area contributed by atoms with Crippen LogP contribution in [0.3, 0.4) is 0 Å². The molecule has 0 amide bonds. The Bertz CT molecular complexity index is 629. The molecule has 0 saturated heterocycles. The smallest absolute Gasteiger partial charge is 0.287 e. The van der Waals surface area contributed by atoms with Crippen LogP contribution in [0.1, 0.15) is 21.5 Å². The predicted molar refractivity (Wildman–Crippen MR) is 75.6 cm³/mol. The molecule has 5 heteroatoms. The van der Waals surface area contributed by atoms with Gasteiger partial charge in [-0.05, 0) is 24.6 Å². The molecule has 0 aliphatic carbocycles. The van der Waals surface area contributed by atoms with Crippen LogP contribution in [0.4, 0.5) is 18.9 Å². The van der Waals surface area contributed by atoms with Crippen LogP contribution < -0.4 is 5.32 Å². The summed E-state index contributed by atoms with van der Waals surface area (Å²) in [6.07, 6.45) is -5.68. The second-order valence-corrected chi connectivity index (χ2v) is 4.62. The van der Waals surface area contributed by atoms with E-state index in [-0.39, 0.29) is 17.0 Å². The molecule has 0 fully saturated rings. The fourth-order valence-electron chi connectivity index (χ4n) is 1.93. The molecule has 1 atom stereocenters. The lowest BCUT2D eigenvalue weighted by molar-refractivity contribution is 0.0650. The Labute approximate surface area is 120 Å². The van der Waals surface area contributed by atoms with Crippen LogP contribution in [0.2, 0.25) is 0 Å². The number of carbonyl (C=O) groups is 1. The normalized spacial score (nSPS) is 12.2. The van der Waals surface area contributed by atoms with Crippen molar-refractivity contribution in [2.24, 2.45) is 0 Å².